The van der Waals surface area contributed by atoms with Gasteiger partial charge in [-0.05, 0) is 42.4 Å². The van der Waals surface area contributed by atoms with Gasteiger partial charge in [-0.25, -0.2) is 8.42 Å². The van der Waals surface area contributed by atoms with Crippen molar-refractivity contribution in [2.24, 2.45) is 5.92 Å². The normalized spacial score (nSPS) is 18.6. The van der Waals surface area contributed by atoms with Gasteiger partial charge in [0.1, 0.15) is 0 Å². The summed E-state index contributed by atoms with van der Waals surface area (Å²) in [7, 11) is -3.38. The minimum Gasteiger partial charge on any atom is -0.396 e. The molecule has 2 rings (SSSR count). The Balaban J connectivity index is 2.14. The van der Waals surface area contributed by atoms with Crippen LogP contribution in [0.25, 0.3) is 0 Å². The molecule has 1 fully saturated rings. The van der Waals surface area contributed by atoms with Crippen LogP contribution in [-0.4, -0.2) is 37.5 Å². The molecule has 5 heteroatoms. The fraction of sp³-hybridized carbons (Fsp3) is 0.600. The number of sulfonamides is 1. The molecule has 1 aliphatic rings. The van der Waals surface area contributed by atoms with Crippen LogP contribution in [0.4, 0.5) is 0 Å². The smallest absolute Gasteiger partial charge is 0.243 e. The van der Waals surface area contributed by atoms with Gasteiger partial charge in [-0.2, -0.15) is 4.31 Å². The fourth-order valence-corrected chi connectivity index (χ4v) is 3.98. The monoisotopic (exact) mass is 297 g/mol. The SMILES string of the molecule is CC(C)c1ccc(S(=O)(=O)N2CCC(CO)CC2)cc1. The maximum atomic E-state index is 12.5. The Morgan fingerprint density at radius 3 is 2.20 bits per heavy atom. The number of aliphatic hydroxyl groups excluding tert-OH is 1. The zero-order chi connectivity index (χ0) is 14.8. The highest BCUT2D eigenvalue weighted by molar-refractivity contribution is 7.89. The summed E-state index contributed by atoms with van der Waals surface area (Å²) in [6.45, 7) is 5.32. The van der Waals surface area contributed by atoms with E-state index in [0.717, 1.165) is 18.4 Å². The summed E-state index contributed by atoms with van der Waals surface area (Å²) in [6.07, 6.45) is 1.47. The van der Waals surface area contributed by atoms with E-state index < -0.39 is 10.0 Å². The van der Waals surface area contributed by atoms with Gasteiger partial charge < -0.3 is 5.11 Å². The molecule has 0 bridgehead atoms. The third-order valence-electron chi connectivity index (χ3n) is 4.02. The number of benzene rings is 1. The molecule has 0 atom stereocenters. The van der Waals surface area contributed by atoms with Crippen molar-refractivity contribution in [2.45, 2.75) is 37.5 Å². The van der Waals surface area contributed by atoms with Gasteiger partial charge in [0.25, 0.3) is 0 Å². The predicted molar refractivity (Wildman–Crippen MR) is 79.1 cm³/mol. The molecule has 1 aliphatic heterocycles. The summed E-state index contributed by atoms with van der Waals surface area (Å²) in [4.78, 5) is 0.365. The van der Waals surface area contributed by atoms with Crippen LogP contribution in [0.1, 0.15) is 38.2 Å². The summed E-state index contributed by atoms with van der Waals surface area (Å²) in [6, 6.07) is 7.17. The molecule has 0 aliphatic carbocycles. The first kappa shape index (κ1) is 15.5. The van der Waals surface area contributed by atoms with Crippen molar-refractivity contribution in [2.75, 3.05) is 19.7 Å². The van der Waals surface area contributed by atoms with E-state index in [1.807, 2.05) is 12.1 Å². The molecule has 1 aromatic carbocycles. The summed E-state index contributed by atoms with van der Waals surface area (Å²) >= 11 is 0. The third-order valence-corrected chi connectivity index (χ3v) is 5.93. The minimum atomic E-state index is -3.38. The molecule has 20 heavy (non-hydrogen) atoms. The van der Waals surface area contributed by atoms with E-state index in [1.54, 1.807) is 12.1 Å². The zero-order valence-corrected chi connectivity index (χ0v) is 12.9. The second kappa shape index (κ2) is 6.24. The molecule has 0 radical (unpaired) electrons. The lowest BCUT2D eigenvalue weighted by atomic mass is 10.00. The zero-order valence-electron chi connectivity index (χ0n) is 12.1. The van der Waals surface area contributed by atoms with Gasteiger partial charge in [-0.15, -0.1) is 0 Å². The van der Waals surface area contributed by atoms with Crippen molar-refractivity contribution < 1.29 is 13.5 Å². The highest BCUT2D eigenvalue weighted by Gasteiger charge is 2.28. The van der Waals surface area contributed by atoms with E-state index in [1.165, 1.54) is 4.31 Å². The van der Waals surface area contributed by atoms with Crippen molar-refractivity contribution in [3.8, 4) is 0 Å². The Hall–Kier alpha value is -0.910. The molecule has 0 amide bonds. The molecular weight excluding hydrogens is 274 g/mol. The maximum absolute atomic E-state index is 12.5. The van der Waals surface area contributed by atoms with E-state index in [0.29, 0.717) is 23.9 Å². The lowest BCUT2D eigenvalue weighted by Gasteiger charge is -2.30. The minimum absolute atomic E-state index is 0.150. The Kier molecular flexibility index (Phi) is 4.83. The third kappa shape index (κ3) is 3.22. The summed E-state index contributed by atoms with van der Waals surface area (Å²) < 4.78 is 26.6. The number of aliphatic hydroxyl groups is 1. The first-order valence-corrected chi connectivity index (χ1v) is 8.60. The molecule has 4 nitrogen and oxygen atoms in total. The molecule has 0 aromatic heterocycles. The van der Waals surface area contributed by atoms with E-state index in [4.69, 9.17) is 5.11 Å². The standard InChI is InChI=1S/C15H23NO3S/c1-12(2)14-3-5-15(6-4-14)20(18,19)16-9-7-13(11-17)8-10-16/h3-6,12-13,17H,7-11H2,1-2H3. The quantitative estimate of drug-likeness (QED) is 0.927. The Morgan fingerprint density at radius 1 is 1.20 bits per heavy atom. The van der Waals surface area contributed by atoms with Crippen LogP contribution in [-0.2, 0) is 10.0 Å². The van der Waals surface area contributed by atoms with Crippen LogP contribution in [0.5, 0.6) is 0 Å². The van der Waals surface area contributed by atoms with Crippen molar-refractivity contribution in [1.82, 2.24) is 4.31 Å². The van der Waals surface area contributed by atoms with Crippen LogP contribution >= 0.6 is 0 Å². The fourth-order valence-electron chi connectivity index (χ4n) is 2.51. The summed E-state index contributed by atoms with van der Waals surface area (Å²) in [5, 5.41) is 9.11. The van der Waals surface area contributed by atoms with Crippen LogP contribution in [0, 0.1) is 5.92 Å². The lowest BCUT2D eigenvalue weighted by Crippen LogP contribution is -2.39. The van der Waals surface area contributed by atoms with E-state index in [9.17, 15) is 8.42 Å². The Bertz CT molecular complexity index is 529. The maximum Gasteiger partial charge on any atom is 0.243 e. The number of piperidine rings is 1. The molecule has 1 aromatic rings. The highest BCUT2D eigenvalue weighted by atomic mass is 32.2. The van der Waals surface area contributed by atoms with Gasteiger partial charge in [0.15, 0.2) is 0 Å². The highest BCUT2D eigenvalue weighted by Crippen LogP contribution is 2.24. The van der Waals surface area contributed by atoms with E-state index in [2.05, 4.69) is 13.8 Å². The second-order valence-corrected chi connectivity index (χ2v) is 7.69. The van der Waals surface area contributed by atoms with Crippen LogP contribution in [0.2, 0.25) is 0 Å². The van der Waals surface area contributed by atoms with E-state index >= 15 is 0 Å². The van der Waals surface area contributed by atoms with Crippen LogP contribution < -0.4 is 0 Å². The summed E-state index contributed by atoms with van der Waals surface area (Å²) in [5.41, 5.74) is 1.14. The molecule has 0 saturated carbocycles. The average molecular weight is 297 g/mol. The van der Waals surface area contributed by atoms with E-state index in [-0.39, 0.29) is 12.5 Å². The van der Waals surface area contributed by atoms with Crippen molar-refractivity contribution in [3.05, 3.63) is 29.8 Å². The van der Waals surface area contributed by atoms with Gasteiger partial charge in [-0.3, -0.25) is 0 Å². The van der Waals surface area contributed by atoms with Crippen molar-refractivity contribution >= 4 is 10.0 Å². The Labute approximate surface area is 121 Å². The molecule has 112 valence electrons. The van der Waals surface area contributed by atoms with Gasteiger partial charge in [-0.1, -0.05) is 26.0 Å². The van der Waals surface area contributed by atoms with Crippen LogP contribution in [0.15, 0.2) is 29.2 Å². The molecule has 1 saturated heterocycles. The lowest BCUT2D eigenvalue weighted by molar-refractivity contribution is 0.170. The number of hydrogen-bond acceptors (Lipinski definition) is 3. The second-order valence-electron chi connectivity index (χ2n) is 5.75. The van der Waals surface area contributed by atoms with Gasteiger partial charge in [0.05, 0.1) is 4.90 Å². The summed E-state index contributed by atoms with van der Waals surface area (Å²) in [5.74, 6) is 0.636. The van der Waals surface area contributed by atoms with Gasteiger partial charge in [0.2, 0.25) is 10.0 Å². The first-order chi connectivity index (χ1) is 9.45. The molecular formula is C15H23NO3S. The predicted octanol–water partition coefficient (Wildman–Crippen LogP) is 2.20. The van der Waals surface area contributed by atoms with Gasteiger partial charge >= 0.3 is 0 Å². The number of nitrogens with zero attached hydrogens (tertiary/aromatic N) is 1. The van der Waals surface area contributed by atoms with Crippen LogP contribution in [0.3, 0.4) is 0 Å². The van der Waals surface area contributed by atoms with Gasteiger partial charge in [0, 0.05) is 19.7 Å². The largest absolute Gasteiger partial charge is 0.396 e. The molecule has 0 spiro atoms. The van der Waals surface area contributed by atoms with Crippen molar-refractivity contribution in [1.29, 1.82) is 0 Å². The number of rotatable bonds is 4. The molecule has 1 N–H and O–H groups in total. The molecule has 0 unspecified atom stereocenters. The number of hydrogen-bond donors (Lipinski definition) is 1. The topological polar surface area (TPSA) is 57.6 Å². The molecule has 1 heterocycles. The first-order valence-electron chi connectivity index (χ1n) is 7.16. The van der Waals surface area contributed by atoms with Crippen molar-refractivity contribution in [3.63, 3.8) is 0 Å². The average Bonchev–Trinajstić information content (AvgIpc) is 2.47. The Morgan fingerprint density at radius 2 is 1.75 bits per heavy atom.